The summed E-state index contributed by atoms with van der Waals surface area (Å²) < 4.78 is 2.05. The van der Waals surface area contributed by atoms with Gasteiger partial charge in [0.05, 0.1) is 13.2 Å². The first-order valence-corrected chi connectivity index (χ1v) is 7.24. The number of imidazole rings is 1. The van der Waals surface area contributed by atoms with Gasteiger partial charge in [-0.05, 0) is 32.9 Å². The quantitative estimate of drug-likeness (QED) is 0.789. The van der Waals surface area contributed by atoms with Crippen molar-refractivity contribution < 1.29 is 5.11 Å². The first kappa shape index (κ1) is 14.5. The maximum absolute atomic E-state index is 9.23. The van der Waals surface area contributed by atoms with Gasteiger partial charge in [-0.2, -0.15) is 0 Å². The summed E-state index contributed by atoms with van der Waals surface area (Å²) >= 11 is 0. The molecular weight excluding hydrogens is 240 g/mol. The second kappa shape index (κ2) is 7.03. The van der Waals surface area contributed by atoms with Crippen molar-refractivity contribution in [2.24, 2.45) is 7.05 Å². The zero-order valence-electron chi connectivity index (χ0n) is 12.1. The summed E-state index contributed by atoms with van der Waals surface area (Å²) in [4.78, 5) is 9.21. The Morgan fingerprint density at radius 3 is 2.74 bits per heavy atom. The van der Waals surface area contributed by atoms with Crippen molar-refractivity contribution in [1.29, 1.82) is 0 Å². The molecular formula is C14H26N4O. The number of aryl methyl sites for hydroxylation is 1. The number of aliphatic hydroxyl groups excluding tert-OH is 1. The van der Waals surface area contributed by atoms with E-state index in [0.29, 0.717) is 12.6 Å². The van der Waals surface area contributed by atoms with Crippen molar-refractivity contribution in [2.75, 3.05) is 32.8 Å². The van der Waals surface area contributed by atoms with Gasteiger partial charge in [0.15, 0.2) is 0 Å². The summed E-state index contributed by atoms with van der Waals surface area (Å²) in [6, 6.07) is 0.550. The topological polar surface area (TPSA) is 44.5 Å². The van der Waals surface area contributed by atoms with E-state index in [4.69, 9.17) is 0 Å². The second-order valence-electron chi connectivity index (χ2n) is 5.51. The molecule has 2 rings (SSSR count). The molecule has 1 atom stereocenters. The van der Waals surface area contributed by atoms with Crippen LogP contribution in [0.4, 0.5) is 0 Å². The van der Waals surface area contributed by atoms with Crippen molar-refractivity contribution in [3.63, 3.8) is 0 Å². The van der Waals surface area contributed by atoms with Crippen LogP contribution in [0.25, 0.3) is 0 Å². The lowest BCUT2D eigenvalue weighted by atomic mass is 10.2. The Balaban J connectivity index is 1.89. The Labute approximate surface area is 115 Å². The zero-order chi connectivity index (χ0) is 13.7. The van der Waals surface area contributed by atoms with Crippen LogP contribution >= 0.6 is 0 Å². The first-order valence-electron chi connectivity index (χ1n) is 7.24. The maximum atomic E-state index is 9.23. The van der Waals surface area contributed by atoms with Crippen LogP contribution in [-0.2, 0) is 13.6 Å². The molecule has 19 heavy (non-hydrogen) atoms. The Morgan fingerprint density at radius 1 is 1.42 bits per heavy atom. The number of hydrogen-bond acceptors (Lipinski definition) is 4. The minimum Gasteiger partial charge on any atom is -0.395 e. The molecule has 0 saturated carbocycles. The van der Waals surface area contributed by atoms with Crippen LogP contribution in [0.1, 0.15) is 25.6 Å². The lowest BCUT2D eigenvalue weighted by Crippen LogP contribution is -2.42. The van der Waals surface area contributed by atoms with Gasteiger partial charge < -0.3 is 9.67 Å². The van der Waals surface area contributed by atoms with E-state index in [1.165, 1.54) is 25.9 Å². The van der Waals surface area contributed by atoms with Gasteiger partial charge in [0, 0.05) is 38.6 Å². The molecule has 1 fully saturated rings. The molecule has 0 aromatic carbocycles. The standard InChI is InChI=1S/C14H26N4O/c1-13(18-6-3-4-7-18)11-17(9-10-19)12-14-15-5-8-16(14)2/h5,8,13,19H,3-4,6-7,9-12H2,1-2H3. The zero-order valence-corrected chi connectivity index (χ0v) is 12.1. The van der Waals surface area contributed by atoms with Crippen molar-refractivity contribution in [1.82, 2.24) is 19.4 Å². The molecule has 0 radical (unpaired) electrons. The van der Waals surface area contributed by atoms with Crippen molar-refractivity contribution in [3.8, 4) is 0 Å². The highest BCUT2D eigenvalue weighted by Crippen LogP contribution is 2.13. The normalized spacial score (nSPS) is 18.3. The number of aliphatic hydroxyl groups is 1. The molecule has 1 saturated heterocycles. The molecule has 1 N–H and O–H groups in total. The van der Waals surface area contributed by atoms with Gasteiger partial charge in [0.25, 0.3) is 0 Å². The van der Waals surface area contributed by atoms with E-state index >= 15 is 0 Å². The molecule has 0 spiro atoms. The van der Waals surface area contributed by atoms with Gasteiger partial charge in [0.1, 0.15) is 5.82 Å². The number of aromatic nitrogens is 2. The monoisotopic (exact) mass is 266 g/mol. The third-order valence-corrected chi connectivity index (χ3v) is 3.99. The molecule has 1 unspecified atom stereocenters. The van der Waals surface area contributed by atoms with Crippen LogP contribution in [-0.4, -0.2) is 63.3 Å². The number of likely N-dealkylation sites (tertiary alicyclic amines) is 1. The number of hydrogen-bond donors (Lipinski definition) is 1. The third kappa shape index (κ3) is 4.03. The lowest BCUT2D eigenvalue weighted by Gasteiger charge is -2.30. The SMILES string of the molecule is CC(CN(CCO)Cc1nccn1C)N1CCCC1. The van der Waals surface area contributed by atoms with Crippen LogP contribution in [0.3, 0.4) is 0 Å². The molecule has 0 aliphatic carbocycles. The van der Waals surface area contributed by atoms with Crippen LogP contribution in [0, 0.1) is 0 Å². The van der Waals surface area contributed by atoms with E-state index in [1.54, 1.807) is 0 Å². The van der Waals surface area contributed by atoms with Crippen molar-refractivity contribution >= 4 is 0 Å². The minimum atomic E-state index is 0.205. The fourth-order valence-electron chi connectivity index (χ4n) is 2.80. The largest absolute Gasteiger partial charge is 0.395 e. The van der Waals surface area contributed by atoms with Crippen molar-refractivity contribution in [3.05, 3.63) is 18.2 Å². The van der Waals surface area contributed by atoms with Gasteiger partial charge in [-0.3, -0.25) is 9.80 Å². The average Bonchev–Trinajstić information content (AvgIpc) is 3.02. The van der Waals surface area contributed by atoms with E-state index < -0.39 is 0 Å². The summed E-state index contributed by atoms with van der Waals surface area (Å²) in [6.45, 7) is 7.44. The van der Waals surface area contributed by atoms with E-state index in [0.717, 1.165) is 18.9 Å². The average molecular weight is 266 g/mol. The summed E-state index contributed by atoms with van der Waals surface area (Å²) in [6.07, 6.45) is 6.44. The highest BCUT2D eigenvalue weighted by atomic mass is 16.3. The van der Waals surface area contributed by atoms with E-state index in [2.05, 4.69) is 21.7 Å². The summed E-state index contributed by atoms with van der Waals surface area (Å²) in [7, 11) is 2.02. The fraction of sp³-hybridized carbons (Fsp3) is 0.786. The molecule has 0 amide bonds. The maximum Gasteiger partial charge on any atom is 0.122 e. The van der Waals surface area contributed by atoms with Gasteiger partial charge in [-0.25, -0.2) is 4.98 Å². The number of nitrogens with zero attached hydrogens (tertiary/aromatic N) is 4. The molecule has 0 bridgehead atoms. The molecule has 2 heterocycles. The molecule has 1 aromatic rings. The highest BCUT2D eigenvalue weighted by Gasteiger charge is 2.20. The van der Waals surface area contributed by atoms with Gasteiger partial charge in [-0.15, -0.1) is 0 Å². The van der Waals surface area contributed by atoms with Crippen LogP contribution in [0.2, 0.25) is 0 Å². The number of rotatable bonds is 7. The molecule has 5 nitrogen and oxygen atoms in total. The summed E-state index contributed by atoms with van der Waals surface area (Å²) in [5.41, 5.74) is 0. The first-order chi connectivity index (χ1) is 9.20. The predicted octanol–water partition coefficient (Wildman–Crippen LogP) is 0.699. The van der Waals surface area contributed by atoms with Gasteiger partial charge in [-0.1, -0.05) is 0 Å². The molecule has 108 valence electrons. The lowest BCUT2D eigenvalue weighted by molar-refractivity contribution is 0.137. The third-order valence-electron chi connectivity index (χ3n) is 3.99. The minimum absolute atomic E-state index is 0.205. The van der Waals surface area contributed by atoms with E-state index in [1.807, 2.05) is 24.0 Å². The van der Waals surface area contributed by atoms with E-state index in [9.17, 15) is 5.11 Å². The molecule has 5 heteroatoms. The summed E-state index contributed by atoms with van der Waals surface area (Å²) in [5, 5.41) is 9.23. The van der Waals surface area contributed by atoms with Crippen LogP contribution < -0.4 is 0 Å². The Bertz CT molecular complexity index is 373. The summed E-state index contributed by atoms with van der Waals surface area (Å²) in [5.74, 6) is 1.06. The Kier molecular flexibility index (Phi) is 5.36. The smallest absolute Gasteiger partial charge is 0.122 e. The Hall–Kier alpha value is -0.910. The predicted molar refractivity (Wildman–Crippen MR) is 75.8 cm³/mol. The molecule has 1 aliphatic heterocycles. The molecule has 1 aromatic heterocycles. The van der Waals surface area contributed by atoms with Gasteiger partial charge in [0.2, 0.25) is 0 Å². The van der Waals surface area contributed by atoms with Gasteiger partial charge >= 0.3 is 0 Å². The highest BCUT2D eigenvalue weighted by molar-refractivity contribution is 4.91. The van der Waals surface area contributed by atoms with Crippen molar-refractivity contribution in [2.45, 2.75) is 32.4 Å². The second-order valence-corrected chi connectivity index (χ2v) is 5.51. The van der Waals surface area contributed by atoms with E-state index in [-0.39, 0.29) is 6.61 Å². The fourth-order valence-corrected chi connectivity index (χ4v) is 2.80. The Morgan fingerprint density at radius 2 is 2.16 bits per heavy atom. The molecule has 1 aliphatic rings. The van der Waals surface area contributed by atoms with Crippen LogP contribution in [0.15, 0.2) is 12.4 Å². The van der Waals surface area contributed by atoms with Crippen LogP contribution in [0.5, 0.6) is 0 Å².